The van der Waals surface area contributed by atoms with E-state index >= 15 is 0 Å². The van der Waals surface area contributed by atoms with Crippen LogP contribution in [0.3, 0.4) is 0 Å². The van der Waals surface area contributed by atoms with Crippen LogP contribution in [-0.4, -0.2) is 65.1 Å². The molecular weight excluding hydrogens is 358 g/mol. The summed E-state index contributed by atoms with van der Waals surface area (Å²) in [4.78, 5) is 16.4. The lowest BCUT2D eigenvalue weighted by Gasteiger charge is -2.20. The van der Waals surface area contributed by atoms with Crippen LogP contribution in [0.4, 0.5) is 0 Å². The van der Waals surface area contributed by atoms with Crippen LogP contribution in [0, 0.1) is 5.92 Å². The molecule has 5 rings (SSSR count). The third kappa shape index (κ3) is 3.51. The first-order valence-electron chi connectivity index (χ1n) is 10.4. The molecule has 28 heavy (non-hydrogen) atoms. The number of aromatic nitrogens is 3. The Labute approximate surface area is 164 Å². The molecule has 1 aromatic rings. The zero-order chi connectivity index (χ0) is 18.9. The highest BCUT2D eigenvalue weighted by molar-refractivity contribution is 6.13. The number of fused-ring (bicyclic) bond motifs is 1. The second-order valence-corrected chi connectivity index (χ2v) is 8.29. The van der Waals surface area contributed by atoms with E-state index in [1.165, 1.54) is 32.1 Å². The molecule has 1 N–H and O–H groups in total. The van der Waals surface area contributed by atoms with E-state index in [2.05, 4.69) is 26.8 Å². The van der Waals surface area contributed by atoms with Crippen molar-refractivity contribution in [1.29, 1.82) is 0 Å². The van der Waals surface area contributed by atoms with Crippen LogP contribution in [-0.2, 0) is 20.7 Å². The fourth-order valence-electron chi connectivity index (χ4n) is 4.84. The number of nitrogens with zero attached hydrogens (tertiary/aromatic N) is 4. The van der Waals surface area contributed by atoms with Gasteiger partial charge in [-0.2, -0.15) is 0 Å². The molecule has 0 bridgehead atoms. The molecule has 3 aliphatic heterocycles. The lowest BCUT2D eigenvalue weighted by molar-refractivity contribution is -0.118. The van der Waals surface area contributed by atoms with Crippen molar-refractivity contribution >= 4 is 12.1 Å². The van der Waals surface area contributed by atoms with Gasteiger partial charge in [0.2, 0.25) is 0 Å². The largest absolute Gasteiger partial charge is 0.371 e. The Kier molecular flexibility index (Phi) is 4.98. The fourth-order valence-corrected chi connectivity index (χ4v) is 4.84. The van der Waals surface area contributed by atoms with Crippen molar-refractivity contribution in [3.05, 3.63) is 23.5 Å². The number of aliphatic imine (C=N–C) groups is 1. The maximum atomic E-state index is 12.3. The summed E-state index contributed by atoms with van der Waals surface area (Å²) >= 11 is 0. The van der Waals surface area contributed by atoms with Crippen LogP contribution in [0.2, 0.25) is 0 Å². The lowest BCUT2D eigenvalue weighted by atomic mass is 9.86. The van der Waals surface area contributed by atoms with Gasteiger partial charge in [0.1, 0.15) is 18.2 Å². The van der Waals surface area contributed by atoms with Gasteiger partial charge in [0.15, 0.2) is 0 Å². The molecule has 0 unspecified atom stereocenters. The predicted octanol–water partition coefficient (Wildman–Crippen LogP) is 1.24. The summed E-state index contributed by atoms with van der Waals surface area (Å²) in [5.74, 6) is 0.625. The van der Waals surface area contributed by atoms with E-state index in [4.69, 9.17) is 9.47 Å². The van der Waals surface area contributed by atoms with Crippen molar-refractivity contribution in [2.45, 2.75) is 62.8 Å². The zero-order valence-electron chi connectivity index (χ0n) is 16.0. The van der Waals surface area contributed by atoms with Crippen molar-refractivity contribution in [1.82, 2.24) is 20.3 Å². The van der Waals surface area contributed by atoms with Gasteiger partial charge in [-0.1, -0.05) is 37.3 Å². The first-order chi connectivity index (χ1) is 13.8. The average Bonchev–Trinajstić information content (AvgIpc) is 3.49. The van der Waals surface area contributed by atoms with Crippen molar-refractivity contribution in [3.8, 4) is 0 Å². The van der Waals surface area contributed by atoms with E-state index in [0.29, 0.717) is 25.3 Å². The fraction of sp³-hybridized carbons (Fsp3) is 0.700. The molecule has 2 saturated heterocycles. The van der Waals surface area contributed by atoms with Crippen LogP contribution < -0.4 is 5.32 Å². The van der Waals surface area contributed by atoms with E-state index in [9.17, 15) is 4.79 Å². The summed E-state index contributed by atoms with van der Waals surface area (Å²) in [5, 5.41) is 11.8. The summed E-state index contributed by atoms with van der Waals surface area (Å²) in [7, 11) is 0. The van der Waals surface area contributed by atoms with Crippen molar-refractivity contribution < 1.29 is 14.3 Å². The third-order valence-electron chi connectivity index (χ3n) is 6.37. The molecule has 3 fully saturated rings. The van der Waals surface area contributed by atoms with Crippen LogP contribution in [0.25, 0.3) is 0 Å². The first-order valence-corrected chi connectivity index (χ1v) is 10.4. The number of rotatable bonds is 5. The molecule has 0 radical (unpaired) electrons. The van der Waals surface area contributed by atoms with Crippen LogP contribution in [0.1, 0.15) is 43.8 Å². The first kappa shape index (κ1) is 18.0. The Morgan fingerprint density at radius 3 is 2.86 bits per heavy atom. The summed E-state index contributed by atoms with van der Waals surface area (Å²) in [6, 6.07) is -0.144. The molecule has 4 atom stereocenters. The minimum atomic E-state index is -0.154. The van der Waals surface area contributed by atoms with Gasteiger partial charge in [0.05, 0.1) is 37.1 Å². The maximum Gasteiger partial charge on any atom is 0.252 e. The highest BCUT2D eigenvalue weighted by Gasteiger charge is 2.49. The van der Waals surface area contributed by atoms with E-state index in [1.807, 2.05) is 10.8 Å². The minimum absolute atomic E-state index is 0.00627. The summed E-state index contributed by atoms with van der Waals surface area (Å²) < 4.78 is 13.9. The quantitative estimate of drug-likeness (QED) is 0.823. The molecule has 1 amide bonds. The van der Waals surface area contributed by atoms with Crippen molar-refractivity contribution in [3.63, 3.8) is 0 Å². The van der Waals surface area contributed by atoms with Crippen molar-refractivity contribution in [2.24, 2.45) is 10.9 Å². The molecule has 8 nitrogen and oxygen atoms in total. The highest BCUT2D eigenvalue weighted by atomic mass is 16.6. The Hall–Kier alpha value is -2.06. The Bertz CT molecular complexity index is 783. The van der Waals surface area contributed by atoms with Crippen LogP contribution >= 0.6 is 0 Å². The lowest BCUT2D eigenvalue weighted by Crippen LogP contribution is -2.44. The Morgan fingerprint density at radius 2 is 2.04 bits per heavy atom. The van der Waals surface area contributed by atoms with Gasteiger partial charge in [0, 0.05) is 12.4 Å². The predicted molar refractivity (Wildman–Crippen MR) is 102 cm³/mol. The van der Waals surface area contributed by atoms with Gasteiger partial charge in [-0.05, 0) is 18.4 Å². The number of hydrogen-bond acceptors (Lipinski definition) is 6. The molecule has 4 heterocycles. The van der Waals surface area contributed by atoms with E-state index in [0.717, 1.165) is 18.0 Å². The van der Waals surface area contributed by atoms with Gasteiger partial charge in [-0.3, -0.25) is 9.79 Å². The highest BCUT2D eigenvalue weighted by Crippen LogP contribution is 2.34. The number of amides is 1. The smallest absolute Gasteiger partial charge is 0.252 e. The minimum Gasteiger partial charge on any atom is -0.371 e. The molecular formula is C20H27N5O3. The Morgan fingerprint density at radius 1 is 1.18 bits per heavy atom. The molecule has 0 aromatic carbocycles. The van der Waals surface area contributed by atoms with Gasteiger partial charge in [-0.25, -0.2) is 4.68 Å². The number of nitrogens with one attached hydrogen (secondary N) is 1. The van der Waals surface area contributed by atoms with Gasteiger partial charge >= 0.3 is 0 Å². The van der Waals surface area contributed by atoms with Gasteiger partial charge in [0.25, 0.3) is 5.91 Å². The van der Waals surface area contributed by atoms with E-state index in [1.54, 1.807) is 6.21 Å². The SMILES string of the molecule is O=C(N[C@H]1CO[C@H]2[C@@H]1OC[C@@H]2n1cc(CC2CCCCC2)nn1)C1=CCN=C1. The molecule has 1 aliphatic carbocycles. The summed E-state index contributed by atoms with van der Waals surface area (Å²) in [6.07, 6.45) is 12.9. The van der Waals surface area contributed by atoms with Crippen LogP contribution in [0.5, 0.6) is 0 Å². The standard InChI is InChI=1S/C20H27N5O3/c26-20(14-6-7-21-9-14)22-16-11-27-19-17(12-28-18(16)19)25-10-15(23-24-25)8-13-4-2-1-3-5-13/h6,9-10,13,16-19H,1-5,7-8,11-12H2,(H,22,26)/t16-,17-,18+,19+/m0/s1. The topological polar surface area (TPSA) is 90.6 Å². The molecule has 8 heteroatoms. The zero-order valence-corrected chi connectivity index (χ0v) is 16.0. The number of carbonyl (C=O) groups is 1. The molecule has 1 aromatic heterocycles. The number of ether oxygens (including phenoxy) is 2. The summed E-state index contributed by atoms with van der Waals surface area (Å²) in [6.45, 7) is 1.55. The second kappa shape index (κ2) is 7.75. The maximum absolute atomic E-state index is 12.3. The molecule has 0 spiro atoms. The van der Waals surface area contributed by atoms with E-state index in [-0.39, 0.29) is 30.2 Å². The monoisotopic (exact) mass is 385 g/mol. The number of carbonyl (C=O) groups excluding carboxylic acids is 1. The third-order valence-corrected chi connectivity index (χ3v) is 6.37. The molecule has 4 aliphatic rings. The van der Waals surface area contributed by atoms with E-state index < -0.39 is 0 Å². The molecule has 1 saturated carbocycles. The Balaban J connectivity index is 1.20. The molecule has 150 valence electrons. The second-order valence-electron chi connectivity index (χ2n) is 8.29. The van der Waals surface area contributed by atoms with Crippen LogP contribution in [0.15, 0.2) is 22.8 Å². The number of hydrogen-bond donors (Lipinski definition) is 1. The van der Waals surface area contributed by atoms with Gasteiger partial charge < -0.3 is 14.8 Å². The van der Waals surface area contributed by atoms with Crippen molar-refractivity contribution in [2.75, 3.05) is 19.8 Å². The normalized spacial score (nSPS) is 32.5. The average molecular weight is 385 g/mol. The van der Waals surface area contributed by atoms with Gasteiger partial charge in [-0.15, -0.1) is 5.10 Å². The summed E-state index contributed by atoms with van der Waals surface area (Å²) in [5.41, 5.74) is 1.67.